The minimum atomic E-state index is 0.200. The Balaban J connectivity index is 1.92. The summed E-state index contributed by atoms with van der Waals surface area (Å²) in [4.78, 5) is 15.0. The van der Waals surface area contributed by atoms with Crippen molar-refractivity contribution in [1.82, 2.24) is 4.90 Å². The van der Waals surface area contributed by atoms with Gasteiger partial charge in [-0.1, -0.05) is 18.5 Å². The maximum Gasteiger partial charge on any atom is 0.186 e. The van der Waals surface area contributed by atoms with Crippen LogP contribution in [0.3, 0.4) is 0 Å². The molecular weight excluding hydrogens is 242 g/mol. The Morgan fingerprint density at radius 3 is 3.06 bits per heavy atom. The molecule has 88 valence electrons. The van der Waals surface area contributed by atoms with E-state index in [1.165, 1.54) is 24.2 Å². The molecule has 1 saturated heterocycles. The fourth-order valence-electron chi connectivity index (χ4n) is 2.18. The number of ketones is 1. The monoisotopic (exact) mass is 257 g/mol. The predicted molar refractivity (Wildman–Crippen MR) is 68.5 cm³/mol. The van der Waals surface area contributed by atoms with E-state index in [1.807, 2.05) is 6.07 Å². The molecule has 1 aromatic rings. The van der Waals surface area contributed by atoms with Gasteiger partial charge in [-0.05, 0) is 37.4 Å². The summed E-state index contributed by atoms with van der Waals surface area (Å²) >= 11 is 7.20. The second-order valence-electron chi connectivity index (χ2n) is 4.51. The highest BCUT2D eigenvalue weighted by molar-refractivity contribution is 7.18. The third-order valence-electron chi connectivity index (χ3n) is 2.96. The lowest BCUT2D eigenvalue weighted by atomic mass is 10.0. The number of carbonyl (C=O) groups excluding carboxylic acids is 1. The summed E-state index contributed by atoms with van der Waals surface area (Å²) in [6.07, 6.45) is 2.50. The van der Waals surface area contributed by atoms with Gasteiger partial charge in [0.05, 0.1) is 15.8 Å². The Morgan fingerprint density at radius 1 is 1.62 bits per heavy atom. The van der Waals surface area contributed by atoms with Gasteiger partial charge in [-0.2, -0.15) is 0 Å². The van der Waals surface area contributed by atoms with Crippen molar-refractivity contribution in [2.24, 2.45) is 5.92 Å². The van der Waals surface area contributed by atoms with Crippen molar-refractivity contribution in [3.63, 3.8) is 0 Å². The average molecular weight is 258 g/mol. The molecule has 2 rings (SSSR count). The van der Waals surface area contributed by atoms with Crippen LogP contribution in [0.5, 0.6) is 0 Å². The number of piperidine rings is 1. The summed E-state index contributed by atoms with van der Waals surface area (Å²) in [7, 11) is 0. The highest BCUT2D eigenvalue weighted by Crippen LogP contribution is 2.23. The third kappa shape index (κ3) is 3.06. The van der Waals surface area contributed by atoms with Gasteiger partial charge in [0.1, 0.15) is 0 Å². The molecule has 2 nitrogen and oxygen atoms in total. The zero-order valence-electron chi connectivity index (χ0n) is 9.41. The number of hydrogen-bond acceptors (Lipinski definition) is 3. The van der Waals surface area contributed by atoms with Gasteiger partial charge >= 0.3 is 0 Å². The van der Waals surface area contributed by atoms with E-state index in [1.54, 1.807) is 6.07 Å². The van der Waals surface area contributed by atoms with Crippen LogP contribution in [0.2, 0.25) is 4.34 Å². The molecule has 0 amide bonds. The second kappa shape index (κ2) is 5.30. The van der Waals surface area contributed by atoms with Crippen LogP contribution < -0.4 is 0 Å². The molecule has 1 aliphatic rings. The van der Waals surface area contributed by atoms with Crippen LogP contribution in [-0.2, 0) is 0 Å². The molecule has 4 heteroatoms. The third-order valence-corrected chi connectivity index (χ3v) is 4.23. The predicted octanol–water partition coefficient (Wildman–Crippen LogP) is 3.32. The molecule has 0 bridgehead atoms. The Labute approximate surface area is 105 Å². The molecule has 0 aromatic carbocycles. The number of thiophene rings is 1. The van der Waals surface area contributed by atoms with Crippen molar-refractivity contribution in [3.8, 4) is 0 Å². The van der Waals surface area contributed by atoms with Crippen LogP contribution in [0, 0.1) is 5.92 Å². The fourth-order valence-corrected chi connectivity index (χ4v) is 3.15. The van der Waals surface area contributed by atoms with Crippen molar-refractivity contribution >= 4 is 28.7 Å². The van der Waals surface area contributed by atoms with E-state index in [0.717, 1.165) is 18.0 Å². The van der Waals surface area contributed by atoms with E-state index in [-0.39, 0.29) is 5.78 Å². The molecule has 1 aromatic heterocycles. The molecular formula is C12H16ClNOS. The zero-order valence-corrected chi connectivity index (χ0v) is 11.0. The number of hydrogen-bond donors (Lipinski definition) is 0. The first-order chi connectivity index (χ1) is 7.65. The van der Waals surface area contributed by atoms with Crippen LogP contribution in [0.4, 0.5) is 0 Å². The lowest BCUT2D eigenvalue weighted by Crippen LogP contribution is -2.37. The highest BCUT2D eigenvalue weighted by Gasteiger charge is 2.19. The minimum absolute atomic E-state index is 0.200. The summed E-state index contributed by atoms with van der Waals surface area (Å²) < 4.78 is 0.690. The number of Topliss-reactive ketones (excluding diaryl/α,β-unsaturated/α-hetero) is 1. The molecule has 2 heterocycles. The van der Waals surface area contributed by atoms with E-state index in [0.29, 0.717) is 16.8 Å². The van der Waals surface area contributed by atoms with Gasteiger partial charge in [-0.15, -0.1) is 11.3 Å². The lowest BCUT2D eigenvalue weighted by molar-refractivity contribution is 0.0897. The summed E-state index contributed by atoms with van der Waals surface area (Å²) in [6.45, 7) is 4.89. The standard InChI is InChI=1S/C12H16ClNOS/c1-9-3-2-6-14(7-9)8-10(15)11-4-5-12(13)16-11/h4-5,9H,2-3,6-8H2,1H3. The van der Waals surface area contributed by atoms with Gasteiger partial charge in [0.15, 0.2) is 5.78 Å². The zero-order chi connectivity index (χ0) is 11.5. The summed E-state index contributed by atoms with van der Waals surface area (Å²) in [6, 6.07) is 3.61. The van der Waals surface area contributed by atoms with Crippen LogP contribution in [0.1, 0.15) is 29.4 Å². The SMILES string of the molecule is CC1CCCN(CC(=O)c2ccc(Cl)s2)C1. The highest BCUT2D eigenvalue weighted by atomic mass is 35.5. The van der Waals surface area contributed by atoms with Gasteiger partial charge in [-0.25, -0.2) is 0 Å². The molecule has 16 heavy (non-hydrogen) atoms. The van der Waals surface area contributed by atoms with E-state index >= 15 is 0 Å². The average Bonchev–Trinajstić information content (AvgIpc) is 2.65. The van der Waals surface area contributed by atoms with Gasteiger partial charge in [0.25, 0.3) is 0 Å². The van der Waals surface area contributed by atoms with Gasteiger partial charge < -0.3 is 0 Å². The summed E-state index contributed by atoms with van der Waals surface area (Å²) in [5.41, 5.74) is 0. The lowest BCUT2D eigenvalue weighted by Gasteiger charge is -2.29. The number of carbonyl (C=O) groups is 1. The molecule has 0 radical (unpaired) electrons. The van der Waals surface area contributed by atoms with E-state index < -0.39 is 0 Å². The maximum absolute atomic E-state index is 11.9. The molecule has 0 spiro atoms. The van der Waals surface area contributed by atoms with Crippen LogP contribution in [0.25, 0.3) is 0 Å². The van der Waals surface area contributed by atoms with E-state index in [4.69, 9.17) is 11.6 Å². The van der Waals surface area contributed by atoms with Crippen molar-refractivity contribution in [2.45, 2.75) is 19.8 Å². The van der Waals surface area contributed by atoms with Gasteiger partial charge in [0, 0.05) is 6.54 Å². The number of likely N-dealkylation sites (tertiary alicyclic amines) is 1. The van der Waals surface area contributed by atoms with Crippen molar-refractivity contribution < 1.29 is 4.79 Å². The minimum Gasteiger partial charge on any atom is -0.296 e. The van der Waals surface area contributed by atoms with E-state index in [2.05, 4.69) is 11.8 Å². The topological polar surface area (TPSA) is 20.3 Å². The van der Waals surface area contributed by atoms with Crippen molar-refractivity contribution in [1.29, 1.82) is 0 Å². The fraction of sp³-hybridized carbons (Fsp3) is 0.583. The molecule has 1 atom stereocenters. The molecule has 0 N–H and O–H groups in total. The Morgan fingerprint density at radius 2 is 2.44 bits per heavy atom. The number of nitrogens with zero attached hydrogens (tertiary/aromatic N) is 1. The summed E-state index contributed by atoms with van der Waals surface area (Å²) in [5, 5.41) is 0. The molecule has 1 fully saturated rings. The number of halogens is 1. The normalized spacial score (nSPS) is 22.2. The van der Waals surface area contributed by atoms with Crippen molar-refractivity contribution in [3.05, 3.63) is 21.3 Å². The van der Waals surface area contributed by atoms with Gasteiger partial charge in [-0.3, -0.25) is 9.69 Å². The van der Waals surface area contributed by atoms with Gasteiger partial charge in [0.2, 0.25) is 0 Å². The summed E-state index contributed by atoms with van der Waals surface area (Å²) in [5.74, 6) is 0.916. The van der Waals surface area contributed by atoms with Crippen LogP contribution >= 0.6 is 22.9 Å². The Hall–Kier alpha value is -0.380. The molecule has 0 aliphatic carbocycles. The Kier molecular flexibility index (Phi) is 4.00. The first-order valence-electron chi connectivity index (χ1n) is 5.66. The largest absolute Gasteiger partial charge is 0.296 e. The van der Waals surface area contributed by atoms with Crippen molar-refractivity contribution in [2.75, 3.05) is 19.6 Å². The quantitative estimate of drug-likeness (QED) is 0.775. The second-order valence-corrected chi connectivity index (χ2v) is 6.22. The van der Waals surface area contributed by atoms with Crippen LogP contribution in [-0.4, -0.2) is 30.3 Å². The van der Waals surface area contributed by atoms with E-state index in [9.17, 15) is 4.79 Å². The van der Waals surface area contributed by atoms with Crippen LogP contribution in [0.15, 0.2) is 12.1 Å². The molecule has 0 saturated carbocycles. The first kappa shape index (κ1) is 12.1. The maximum atomic E-state index is 11.9. The Bertz CT molecular complexity index is 377. The first-order valence-corrected chi connectivity index (χ1v) is 6.85. The molecule has 1 unspecified atom stereocenters. The number of rotatable bonds is 3. The smallest absolute Gasteiger partial charge is 0.186 e. The molecule has 1 aliphatic heterocycles.